The molecule has 0 aliphatic carbocycles. The summed E-state index contributed by atoms with van der Waals surface area (Å²) < 4.78 is 7.21. The van der Waals surface area contributed by atoms with E-state index in [4.69, 9.17) is 4.74 Å². The van der Waals surface area contributed by atoms with E-state index in [9.17, 15) is 10.1 Å². The molecule has 0 saturated heterocycles. The molecule has 1 aliphatic heterocycles. The van der Waals surface area contributed by atoms with Gasteiger partial charge in [0.05, 0.1) is 30.3 Å². The van der Waals surface area contributed by atoms with Gasteiger partial charge in [0.2, 0.25) is 11.9 Å². The van der Waals surface area contributed by atoms with Gasteiger partial charge < -0.3 is 9.30 Å². The van der Waals surface area contributed by atoms with Crippen molar-refractivity contribution in [1.29, 1.82) is 5.26 Å². The van der Waals surface area contributed by atoms with Crippen LogP contribution in [0, 0.1) is 17.2 Å². The smallest absolute Gasteiger partial charge is 0.246 e. The van der Waals surface area contributed by atoms with Crippen LogP contribution in [0.2, 0.25) is 0 Å². The first-order chi connectivity index (χ1) is 11.7. The lowest BCUT2D eigenvalue weighted by Crippen LogP contribution is -2.37. The lowest BCUT2D eigenvalue weighted by Gasteiger charge is -2.30. The molecule has 4 rings (SSSR count). The molecule has 0 bridgehead atoms. The van der Waals surface area contributed by atoms with Crippen LogP contribution in [0.5, 0.6) is 5.75 Å². The van der Waals surface area contributed by atoms with E-state index in [2.05, 4.69) is 16.4 Å². The molecule has 2 aromatic carbocycles. The molecule has 6 heteroatoms. The molecular weight excluding hydrogens is 304 g/mol. The maximum absolute atomic E-state index is 12.4. The Balaban J connectivity index is 1.99. The lowest BCUT2D eigenvalue weighted by atomic mass is 9.91. The zero-order valence-electron chi connectivity index (χ0n) is 12.9. The van der Waals surface area contributed by atoms with Gasteiger partial charge in [-0.1, -0.05) is 24.3 Å². The lowest BCUT2D eigenvalue weighted by molar-refractivity contribution is -0.119. The Kier molecular flexibility index (Phi) is 3.21. The minimum Gasteiger partial charge on any atom is -0.497 e. The summed E-state index contributed by atoms with van der Waals surface area (Å²) in [6.07, 6.45) is 0. The van der Waals surface area contributed by atoms with Crippen LogP contribution in [0.3, 0.4) is 0 Å². The van der Waals surface area contributed by atoms with Gasteiger partial charge in [0, 0.05) is 0 Å². The van der Waals surface area contributed by atoms with Gasteiger partial charge >= 0.3 is 0 Å². The number of ether oxygens (including phenoxy) is 1. The molecule has 2 unspecified atom stereocenters. The second-order valence-electron chi connectivity index (χ2n) is 5.61. The first-order valence-corrected chi connectivity index (χ1v) is 7.54. The Morgan fingerprint density at radius 1 is 1.25 bits per heavy atom. The minimum absolute atomic E-state index is 0.340. The molecule has 0 radical (unpaired) electrons. The second-order valence-corrected chi connectivity index (χ2v) is 5.61. The topological polar surface area (TPSA) is 79.9 Å². The molecule has 24 heavy (non-hydrogen) atoms. The van der Waals surface area contributed by atoms with Crippen molar-refractivity contribution in [3.63, 3.8) is 0 Å². The monoisotopic (exact) mass is 318 g/mol. The first-order valence-electron chi connectivity index (χ1n) is 7.54. The number of hydrogen-bond acceptors (Lipinski definition) is 4. The van der Waals surface area contributed by atoms with E-state index in [1.54, 1.807) is 7.11 Å². The highest BCUT2D eigenvalue weighted by Gasteiger charge is 2.38. The van der Waals surface area contributed by atoms with Crippen molar-refractivity contribution in [2.75, 3.05) is 12.4 Å². The summed E-state index contributed by atoms with van der Waals surface area (Å²) >= 11 is 0. The van der Waals surface area contributed by atoms with E-state index in [0.29, 0.717) is 11.7 Å². The fourth-order valence-electron chi connectivity index (χ4n) is 3.19. The number of nitrogens with zero attached hydrogens (tertiary/aromatic N) is 3. The van der Waals surface area contributed by atoms with E-state index in [1.807, 2.05) is 53.1 Å². The summed E-state index contributed by atoms with van der Waals surface area (Å²) in [5, 5.41) is 12.3. The largest absolute Gasteiger partial charge is 0.497 e. The molecule has 3 aromatic rings. The predicted octanol–water partition coefficient (Wildman–Crippen LogP) is 2.73. The third-order valence-electron chi connectivity index (χ3n) is 4.28. The molecule has 2 heterocycles. The minimum atomic E-state index is -0.845. The zero-order valence-corrected chi connectivity index (χ0v) is 12.9. The molecule has 0 fully saturated rings. The highest BCUT2D eigenvalue weighted by atomic mass is 16.5. The van der Waals surface area contributed by atoms with Crippen LogP contribution in [-0.2, 0) is 4.79 Å². The number of para-hydroxylation sites is 2. The number of aromatic nitrogens is 2. The van der Waals surface area contributed by atoms with Crippen molar-refractivity contribution in [3.8, 4) is 11.8 Å². The van der Waals surface area contributed by atoms with Gasteiger partial charge in [-0.15, -0.1) is 0 Å². The summed E-state index contributed by atoms with van der Waals surface area (Å²) in [6.45, 7) is 0. The van der Waals surface area contributed by atoms with Gasteiger partial charge in [0.25, 0.3) is 0 Å². The number of amides is 1. The Bertz CT molecular complexity index is 986. The van der Waals surface area contributed by atoms with E-state index in [0.717, 1.165) is 16.6 Å². The van der Waals surface area contributed by atoms with Crippen molar-refractivity contribution in [2.45, 2.75) is 6.04 Å². The SMILES string of the molecule is COc1cccc(C2C(C#N)C(=O)Nc3nc4ccccc4n32)c1. The molecule has 118 valence electrons. The Morgan fingerprint density at radius 2 is 2.08 bits per heavy atom. The first kappa shape index (κ1) is 14.3. The standard InChI is InChI=1S/C18H14N4O2/c1-24-12-6-4-5-11(9-12)16-13(10-19)17(23)21-18-20-14-7-2-3-8-15(14)22(16)18/h2-9,13,16H,1H3,(H,20,21,23). The Labute approximate surface area is 138 Å². The molecule has 1 amide bonds. The fourth-order valence-corrected chi connectivity index (χ4v) is 3.19. The molecular formula is C18H14N4O2. The summed E-state index contributed by atoms with van der Waals surface area (Å²) in [5.41, 5.74) is 2.49. The van der Waals surface area contributed by atoms with E-state index < -0.39 is 12.0 Å². The molecule has 0 spiro atoms. The van der Waals surface area contributed by atoms with Crippen molar-refractivity contribution < 1.29 is 9.53 Å². The van der Waals surface area contributed by atoms with Gasteiger partial charge in [-0.05, 0) is 29.8 Å². The Hall–Kier alpha value is -3.33. The summed E-state index contributed by atoms with van der Waals surface area (Å²) in [5.74, 6) is -0.0444. The highest BCUT2D eigenvalue weighted by molar-refractivity contribution is 5.97. The second kappa shape index (κ2) is 5.39. The van der Waals surface area contributed by atoms with Crippen LogP contribution >= 0.6 is 0 Å². The van der Waals surface area contributed by atoms with Gasteiger partial charge in [-0.2, -0.15) is 5.26 Å². The van der Waals surface area contributed by atoms with Gasteiger partial charge in [-0.25, -0.2) is 4.98 Å². The average molecular weight is 318 g/mol. The van der Waals surface area contributed by atoms with Crippen molar-refractivity contribution >= 4 is 22.9 Å². The van der Waals surface area contributed by atoms with Crippen LogP contribution in [-0.4, -0.2) is 22.6 Å². The normalized spacial score (nSPS) is 19.4. The summed E-state index contributed by atoms with van der Waals surface area (Å²) in [7, 11) is 1.59. The number of benzene rings is 2. The van der Waals surface area contributed by atoms with Gasteiger partial charge in [0.15, 0.2) is 5.92 Å². The van der Waals surface area contributed by atoms with Gasteiger partial charge in [0.1, 0.15) is 5.75 Å². The third-order valence-corrected chi connectivity index (χ3v) is 4.28. The maximum atomic E-state index is 12.4. The van der Waals surface area contributed by atoms with E-state index in [-0.39, 0.29) is 5.91 Å². The van der Waals surface area contributed by atoms with Crippen LogP contribution in [0.1, 0.15) is 11.6 Å². The number of anilines is 1. The number of carbonyl (C=O) groups excluding carboxylic acids is 1. The highest BCUT2D eigenvalue weighted by Crippen LogP contribution is 2.38. The molecule has 0 saturated carbocycles. The van der Waals surface area contributed by atoms with Crippen LogP contribution in [0.25, 0.3) is 11.0 Å². The van der Waals surface area contributed by atoms with Crippen LogP contribution in [0.15, 0.2) is 48.5 Å². The average Bonchev–Trinajstić information content (AvgIpc) is 2.98. The Morgan fingerprint density at radius 3 is 2.88 bits per heavy atom. The number of nitrogens with one attached hydrogen (secondary N) is 1. The van der Waals surface area contributed by atoms with Gasteiger partial charge in [-0.3, -0.25) is 10.1 Å². The quantitative estimate of drug-likeness (QED) is 0.788. The summed E-state index contributed by atoms with van der Waals surface area (Å²) in [6, 6.07) is 16.7. The van der Waals surface area contributed by atoms with Crippen LogP contribution < -0.4 is 10.1 Å². The van der Waals surface area contributed by atoms with Crippen molar-refractivity contribution in [2.24, 2.45) is 5.92 Å². The number of rotatable bonds is 2. The molecule has 1 N–H and O–H groups in total. The zero-order chi connectivity index (χ0) is 16.7. The predicted molar refractivity (Wildman–Crippen MR) is 88.6 cm³/mol. The summed E-state index contributed by atoms with van der Waals surface area (Å²) in [4.78, 5) is 16.9. The number of imidazole rings is 1. The van der Waals surface area contributed by atoms with Crippen molar-refractivity contribution in [1.82, 2.24) is 9.55 Å². The third kappa shape index (κ3) is 2.02. The maximum Gasteiger partial charge on any atom is 0.246 e. The molecule has 1 aromatic heterocycles. The van der Waals surface area contributed by atoms with Crippen molar-refractivity contribution in [3.05, 3.63) is 54.1 Å². The number of hydrogen-bond donors (Lipinski definition) is 1. The molecule has 2 atom stereocenters. The molecule has 6 nitrogen and oxygen atoms in total. The number of nitriles is 1. The van der Waals surface area contributed by atoms with E-state index in [1.165, 1.54) is 0 Å². The number of carbonyl (C=O) groups is 1. The van der Waals surface area contributed by atoms with E-state index >= 15 is 0 Å². The number of methoxy groups -OCH3 is 1. The molecule has 1 aliphatic rings. The van der Waals surface area contributed by atoms with Crippen LogP contribution in [0.4, 0.5) is 5.95 Å². The fraction of sp³-hybridized carbons (Fsp3) is 0.167. The number of fused-ring (bicyclic) bond motifs is 3.